The van der Waals surface area contributed by atoms with Gasteiger partial charge in [-0.05, 0) is 24.1 Å². The van der Waals surface area contributed by atoms with Crippen molar-refractivity contribution in [1.82, 2.24) is 4.90 Å². The fraction of sp³-hybridized carbons (Fsp3) is 0.333. The van der Waals surface area contributed by atoms with Crippen LogP contribution in [0.15, 0.2) is 36.3 Å². The Morgan fingerprint density at radius 3 is 2.53 bits per heavy atom. The highest BCUT2D eigenvalue weighted by molar-refractivity contribution is 6.66. The molecule has 1 aliphatic rings. The Morgan fingerprint density at radius 2 is 1.88 bits per heavy atom. The molecule has 1 aromatic rings. The molecule has 0 saturated heterocycles. The number of hydrogen-bond acceptors (Lipinski definition) is 1. The number of nitrogens with zero attached hydrogens (tertiary/aromatic N) is 1. The molecule has 0 bridgehead atoms. The van der Waals surface area contributed by atoms with E-state index in [1.807, 2.05) is 24.3 Å². The molecular formula is C12H14BF3N-. The predicted octanol–water partition coefficient (Wildman–Crippen LogP) is 2.99. The third-order valence-electron chi connectivity index (χ3n) is 3.10. The summed E-state index contributed by atoms with van der Waals surface area (Å²) in [6.07, 6.45) is 0.814. The second kappa shape index (κ2) is 4.57. The predicted molar refractivity (Wildman–Crippen MR) is 63.6 cm³/mol. The molecule has 5 heteroatoms. The maximum absolute atomic E-state index is 12.4. The van der Waals surface area contributed by atoms with Gasteiger partial charge in [0.05, 0.1) is 0 Å². The van der Waals surface area contributed by atoms with Gasteiger partial charge in [-0.15, -0.1) is 12.1 Å². The molecule has 0 aromatic heterocycles. The molecule has 1 aliphatic heterocycles. The number of halogens is 3. The van der Waals surface area contributed by atoms with Gasteiger partial charge in [0, 0.05) is 13.1 Å². The number of hydrogen-bond donors (Lipinski definition) is 0. The minimum Gasteiger partial charge on any atom is -0.445 e. The van der Waals surface area contributed by atoms with E-state index in [9.17, 15) is 12.9 Å². The van der Waals surface area contributed by atoms with Gasteiger partial charge < -0.3 is 12.9 Å². The molecule has 0 N–H and O–H groups in total. The normalized spacial score (nSPS) is 16.6. The first-order chi connectivity index (χ1) is 7.97. The molecule has 0 fully saturated rings. The van der Waals surface area contributed by atoms with E-state index in [0.717, 1.165) is 12.0 Å². The van der Waals surface area contributed by atoms with Crippen LogP contribution in [-0.4, -0.2) is 25.0 Å². The third kappa shape index (κ3) is 2.91. The van der Waals surface area contributed by atoms with Crippen molar-refractivity contribution in [3.05, 3.63) is 47.4 Å². The van der Waals surface area contributed by atoms with Crippen LogP contribution in [0.2, 0.25) is 0 Å². The Morgan fingerprint density at radius 1 is 1.24 bits per heavy atom. The summed E-state index contributed by atoms with van der Waals surface area (Å²) in [6.45, 7) is -0.588. The van der Waals surface area contributed by atoms with Gasteiger partial charge in [-0.3, -0.25) is 4.90 Å². The minimum absolute atomic E-state index is 0.0716. The van der Waals surface area contributed by atoms with E-state index in [0.29, 0.717) is 13.1 Å². The second-order valence-corrected chi connectivity index (χ2v) is 4.46. The average molecular weight is 240 g/mol. The van der Waals surface area contributed by atoms with Crippen LogP contribution < -0.4 is 0 Å². The van der Waals surface area contributed by atoms with E-state index in [-0.39, 0.29) is 6.54 Å². The fourth-order valence-corrected chi connectivity index (χ4v) is 2.08. The third-order valence-corrected chi connectivity index (χ3v) is 3.10. The summed E-state index contributed by atoms with van der Waals surface area (Å²) in [6, 6.07) is 7.90. The lowest BCUT2D eigenvalue weighted by molar-refractivity contribution is 0.274. The summed E-state index contributed by atoms with van der Waals surface area (Å²) in [7, 11) is 0. The van der Waals surface area contributed by atoms with Crippen molar-refractivity contribution in [2.75, 3.05) is 13.1 Å². The molecule has 0 aliphatic carbocycles. The molecule has 0 atom stereocenters. The van der Waals surface area contributed by atoms with E-state index < -0.39 is 12.4 Å². The number of rotatable bonds is 3. The summed E-state index contributed by atoms with van der Waals surface area (Å²) < 4.78 is 37.3. The molecule has 0 unspecified atom stereocenters. The Balaban J connectivity index is 2.01. The molecule has 1 aromatic carbocycles. The van der Waals surface area contributed by atoms with E-state index in [1.54, 1.807) is 4.90 Å². The molecule has 0 spiro atoms. The average Bonchev–Trinajstić information content (AvgIpc) is 2.27. The largest absolute Gasteiger partial charge is 0.506 e. The SMILES string of the molecule is C=C(CN1CCc2ccccc2C1)[B-](F)(F)F. The highest BCUT2D eigenvalue weighted by atomic mass is 19.4. The van der Waals surface area contributed by atoms with Crippen molar-refractivity contribution in [3.8, 4) is 0 Å². The zero-order valence-electron chi connectivity index (χ0n) is 9.50. The van der Waals surface area contributed by atoms with Gasteiger partial charge in [0.2, 0.25) is 0 Å². The van der Waals surface area contributed by atoms with Gasteiger partial charge in [-0.2, -0.15) is 0 Å². The summed E-state index contributed by atoms with van der Waals surface area (Å²) in [5, 5.41) is 0. The van der Waals surface area contributed by atoms with Crippen molar-refractivity contribution >= 4 is 6.98 Å². The topological polar surface area (TPSA) is 3.24 Å². The molecule has 0 saturated carbocycles. The molecule has 17 heavy (non-hydrogen) atoms. The number of fused-ring (bicyclic) bond motifs is 1. The fourth-order valence-electron chi connectivity index (χ4n) is 2.08. The lowest BCUT2D eigenvalue weighted by Crippen LogP contribution is -2.36. The van der Waals surface area contributed by atoms with Crippen LogP contribution in [0.4, 0.5) is 12.9 Å². The van der Waals surface area contributed by atoms with Crippen molar-refractivity contribution < 1.29 is 12.9 Å². The monoisotopic (exact) mass is 240 g/mol. The van der Waals surface area contributed by atoms with Gasteiger partial charge in [0.15, 0.2) is 0 Å². The quantitative estimate of drug-likeness (QED) is 0.734. The molecule has 1 heterocycles. The summed E-state index contributed by atoms with van der Waals surface area (Å²) in [4.78, 5) is 1.81. The van der Waals surface area contributed by atoms with Crippen LogP contribution >= 0.6 is 0 Å². The van der Waals surface area contributed by atoms with Crippen molar-refractivity contribution in [2.24, 2.45) is 0 Å². The van der Waals surface area contributed by atoms with Crippen LogP contribution in [-0.2, 0) is 13.0 Å². The van der Waals surface area contributed by atoms with Crippen LogP contribution in [0.5, 0.6) is 0 Å². The lowest BCUT2D eigenvalue weighted by atomic mass is 9.80. The van der Waals surface area contributed by atoms with E-state index >= 15 is 0 Å². The van der Waals surface area contributed by atoms with Gasteiger partial charge >= 0.3 is 6.98 Å². The molecule has 0 radical (unpaired) electrons. The maximum Gasteiger partial charge on any atom is 0.506 e. The Hall–Kier alpha value is -1.23. The molecule has 1 nitrogen and oxygen atoms in total. The molecular weight excluding hydrogens is 226 g/mol. The molecule has 92 valence electrons. The van der Waals surface area contributed by atoms with Gasteiger partial charge in [-0.1, -0.05) is 24.3 Å². The van der Waals surface area contributed by atoms with Crippen molar-refractivity contribution in [2.45, 2.75) is 13.0 Å². The Labute approximate surface area is 99.0 Å². The minimum atomic E-state index is -4.91. The van der Waals surface area contributed by atoms with Gasteiger partial charge in [0.1, 0.15) is 0 Å². The zero-order valence-corrected chi connectivity index (χ0v) is 9.50. The van der Waals surface area contributed by atoms with Crippen LogP contribution in [0.1, 0.15) is 11.1 Å². The van der Waals surface area contributed by atoms with Gasteiger partial charge in [0.25, 0.3) is 0 Å². The summed E-state index contributed by atoms with van der Waals surface area (Å²) in [5.74, 6) is 0. The van der Waals surface area contributed by atoms with E-state index in [4.69, 9.17) is 0 Å². The van der Waals surface area contributed by atoms with Crippen LogP contribution in [0, 0.1) is 0 Å². The number of benzene rings is 1. The Bertz CT molecular complexity index is 428. The van der Waals surface area contributed by atoms with Gasteiger partial charge in [-0.25, -0.2) is 0 Å². The first kappa shape index (κ1) is 12.2. The summed E-state index contributed by atoms with van der Waals surface area (Å²) >= 11 is 0. The van der Waals surface area contributed by atoms with E-state index in [1.165, 1.54) is 5.56 Å². The smallest absolute Gasteiger partial charge is 0.445 e. The standard InChI is InChI=1S/C12H14BF3N/c1-10(13(14,15)16)8-17-7-6-11-4-2-3-5-12(11)9-17/h2-5H,1,6-9H2/q-1. The first-order valence-electron chi connectivity index (χ1n) is 5.63. The van der Waals surface area contributed by atoms with Crippen molar-refractivity contribution in [3.63, 3.8) is 0 Å². The maximum atomic E-state index is 12.4. The molecule has 2 rings (SSSR count). The summed E-state index contributed by atoms with van der Waals surface area (Å²) in [5.41, 5.74) is 1.76. The second-order valence-electron chi connectivity index (χ2n) is 4.46. The Kier molecular flexibility index (Phi) is 3.29. The highest BCUT2D eigenvalue weighted by Gasteiger charge is 2.28. The molecule has 0 amide bonds. The highest BCUT2D eigenvalue weighted by Crippen LogP contribution is 2.23. The zero-order chi connectivity index (χ0) is 12.5. The van der Waals surface area contributed by atoms with E-state index in [2.05, 4.69) is 6.58 Å². The lowest BCUT2D eigenvalue weighted by Gasteiger charge is -2.31. The van der Waals surface area contributed by atoms with Crippen LogP contribution in [0.25, 0.3) is 0 Å². The van der Waals surface area contributed by atoms with Crippen LogP contribution in [0.3, 0.4) is 0 Å². The van der Waals surface area contributed by atoms with Crippen molar-refractivity contribution in [1.29, 1.82) is 0 Å². The first-order valence-corrected chi connectivity index (χ1v) is 5.63.